The molecule has 2 aliphatic heterocycles. The van der Waals surface area contributed by atoms with Crippen LogP contribution in [0.15, 0.2) is 24.4 Å². The van der Waals surface area contributed by atoms with Crippen LogP contribution < -0.4 is 10.6 Å². The van der Waals surface area contributed by atoms with E-state index in [-0.39, 0.29) is 0 Å². The Hall–Kier alpha value is -1.13. The fourth-order valence-electron chi connectivity index (χ4n) is 3.20. The minimum absolute atomic E-state index is 0.698. The van der Waals surface area contributed by atoms with E-state index in [0.29, 0.717) is 12.0 Å². The van der Waals surface area contributed by atoms with E-state index in [1.54, 1.807) is 0 Å². The Labute approximate surface area is 109 Å². The third-order valence-corrected chi connectivity index (χ3v) is 4.31. The number of aromatic nitrogens is 1. The molecule has 0 spiro atoms. The summed E-state index contributed by atoms with van der Waals surface area (Å²) in [5.41, 5.74) is 5.80. The first-order valence-corrected chi connectivity index (χ1v) is 6.97. The van der Waals surface area contributed by atoms with Gasteiger partial charge in [0.15, 0.2) is 0 Å². The van der Waals surface area contributed by atoms with Crippen molar-refractivity contribution in [2.45, 2.75) is 18.9 Å². The zero-order valence-electron chi connectivity index (χ0n) is 10.8. The normalized spacial score (nSPS) is 29.1. The molecule has 4 nitrogen and oxygen atoms in total. The average molecular weight is 246 g/mol. The van der Waals surface area contributed by atoms with Gasteiger partial charge >= 0.3 is 0 Å². The van der Waals surface area contributed by atoms with Gasteiger partial charge in [0.2, 0.25) is 0 Å². The second-order valence-electron chi connectivity index (χ2n) is 5.46. The molecule has 4 heteroatoms. The zero-order chi connectivity index (χ0) is 12.4. The van der Waals surface area contributed by atoms with Crippen molar-refractivity contribution in [2.75, 3.05) is 37.6 Å². The Morgan fingerprint density at radius 2 is 2.17 bits per heavy atom. The maximum absolute atomic E-state index is 5.80. The van der Waals surface area contributed by atoms with E-state index in [1.165, 1.54) is 19.4 Å². The van der Waals surface area contributed by atoms with Crippen molar-refractivity contribution in [3.8, 4) is 0 Å². The molecule has 0 aliphatic carbocycles. The van der Waals surface area contributed by atoms with E-state index in [4.69, 9.17) is 5.73 Å². The molecule has 2 atom stereocenters. The predicted molar refractivity (Wildman–Crippen MR) is 73.6 cm³/mol. The Morgan fingerprint density at radius 3 is 2.94 bits per heavy atom. The molecular formula is C14H22N4. The summed E-state index contributed by atoms with van der Waals surface area (Å²) < 4.78 is 0. The average Bonchev–Trinajstić information content (AvgIpc) is 2.47. The number of anilines is 1. The number of nitrogens with two attached hydrogens (primary N) is 1. The molecule has 1 aromatic heterocycles. The molecule has 98 valence electrons. The SMILES string of the molecule is NC[C@H]1CC[C@H]2CN(c3ccccn3)CCN2C1. The Balaban J connectivity index is 1.65. The van der Waals surface area contributed by atoms with Crippen LogP contribution in [0.2, 0.25) is 0 Å². The molecule has 0 radical (unpaired) electrons. The quantitative estimate of drug-likeness (QED) is 0.843. The van der Waals surface area contributed by atoms with E-state index in [1.807, 2.05) is 12.3 Å². The van der Waals surface area contributed by atoms with Crippen LogP contribution in [0.5, 0.6) is 0 Å². The number of pyridine rings is 1. The topological polar surface area (TPSA) is 45.4 Å². The van der Waals surface area contributed by atoms with Gasteiger partial charge in [-0.15, -0.1) is 0 Å². The third kappa shape index (κ3) is 2.35. The van der Waals surface area contributed by atoms with Gasteiger partial charge < -0.3 is 10.6 Å². The standard InChI is InChI=1S/C14H22N4/c15-9-12-4-5-13-11-18(8-7-17(13)10-12)14-3-1-2-6-16-14/h1-3,6,12-13H,4-5,7-11,15H2/t12-,13+/m1/s1. The second-order valence-corrected chi connectivity index (χ2v) is 5.46. The van der Waals surface area contributed by atoms with Gasteiger partial charge in [-0.1, -0.05) is 6.07 Å². The molecule has 18 heavy (non-hydrogen) atoms. The molecule has 2 fully saturated rings. The Morgan fingerprint density at radius 1 is 1.22 bits per heavy atom. The lowest BCUT2D eigenvalue weighted by Gasteiger charge is -2.46. The van der Waals surface area contributed by atoms with Crippen molar-refractivity contribution in [3.63, 3.8) is 0 Å². The fourth-order valence-corrected chi connectivity index (χ4v) is 3.20. The van der Waals surface area contributed by atoms with E-state index < -0.39 is 0 Å². The van der Waals surface area contributed by atoms with Crippen molar-refractivity contribution in [3.05, 3.63) is 24.4 Å². The molecule has 0 bridgehead atoms. The summed E-state index contributed by atoms with van der Waals surface area (Å²) in [6.45, 7) is 5.39. The van der Waals surface area contributed by atoms with Crippen molar-refractivity contribution < 1.29 is 0 Å². The summed E-state index contributed by atoms with van der Waals surface area (Å²) in [5, 5.41) is 0. The number of rotatable bonds is 2. The molecule has 2 aliphatic rings. The summed E-state index contributed by atoms with van der Waals surface area (Å²) in [4.78, 5) is 9.50. The number of piperazine rings is 1. The molecule has 3 rings (SSSR count). The van der Waals surface area contributed by atoms with E-state index in [9.17, 15) is 0 Å². The molecule has 0 amide bonds. The lowest BCUT2D eigenvalue weighted by atomic mass is 9.91. The van der Waals surface area contributed by atoms with Crippen LogP contribution in [0.4, 0.5) is 5.82 Å². The van der Waals surface area contributed by atoms with E-state index in [0.717, 1.165) is 32.0 Å². The Kier molecular flexibility index (Phi) is 3.48. The van der Waals surface area contributed by atoms with Crippen LogP contribution in [-0.2, 0) is 0 Å². The van der Waals surface area contributed by atoms with Gasteiger partial charge in [0, 0.05) is 38.4 Å². The lowest BCUT2D eigenvalue weighted by molar-refractivity contribution is 0.0982. The molecule has 1 aromatic rings. The number of hydrogen-bond acceptors (Lipinski definition) is 4. The largest absolute Gasteiger partial charge is 0.354 e. The maximum Gasteiger partial charge on any atom is 0.128 e. The fraction of sp³-hybridized carbons (Fsp3) is 0.643. The van der Waals surface area contributed by atoms with E-state index in [2.05, 4.69) is 26.9 Å². The molecule has 3 heterocycles. The van der Waals surface area contributed by atoms with E-state index >= 15 is 0 Å². The van der Waals surface area contributed by atoms with Crippen molar-refractivity contribution in [2.24, 2.45) is 11.7 Å². The summed E-state index contributed by atoms with van der Waals surface area (Å²) in [6.07, 6.45) is 4.45. The molecule has 2 saturated heterocycles. The van der Waals surface area contributed by atoms with Crippen LogP contribution in [-0.4, -0.2) is 48.6 Å². The third-order valence-electron chi connectivity index (χ3n) is 4.31. The molecular weight excluding hydrogens is 224 g/mol. The first kappa shape index (κ1) is 11.9. The van der Waals surface area contributed by atoms with Crippen LogP contribution in [0.25, 0.3) is 0 Å². The second kappa shape index (κ2) is 5.24. The van der Waals surface area contributed by atoms with Crippen molar-refractivity contribution >= 4 is 5.82 Å². The van der Waals surface area contributed by atoms with Crippen molar-refractivity contribution in [1.29, 1.82) is 0 Å². The minimum Gasteiger partial charge on any atom is -0.354 e. The van der Waals surface area contributed by atoms with Crippen LogP contribution in [0.3, 0.4) is 0 Å². The number of hydrogen-bond donors (Lipinski definition) is 1. The summed E-state index contributed by atoms with van der Waals surface area (Å²) in [6, 6.07) is 6.86. The first-order valence-electron chi connectivity index (χ1n) is 6.97. The van der Waals surface area contributed by atoms with Crippen molar-refractivity contribution in [1.82, 2.24) is 9.88 Å². The van der Waals surface area contributed by atoms with Gasteiger partial charge in [0.25, 0.3) is 0 Å². The zero-order valence-corrected chi connectivity index (χ0v) is 10.8. The number of fused-ring (bicyclic) bond motifs is 1. The molecule has 0 aromatic carbocycles. The highest BCUT2D eigenvalue weighted by molar-refractivity contribution is 5.38. The van der Waals surface area contributed by atoms with Crippen LogP contribution in [0, 0.1) is 5.92 Å². The van der Waals surface area contributed by atoms with Crippen LogP contribution in [0.1, 0.15) is 12.8 Å². The molecule has 0 unspecified atom stereocenters. The predicted octanol–water partition coefficient (Wildman–Crippen LogP) is 0.941. The number of piperidine rings is 1. The summed E-state index contributed by atoms with van der Waals surface area (Å²) in [5.74, 6) is 1.83. The van der Waals surface area contributed by atoms with Gasteiger partial charge in [-0.05, 0) is 37.4 Å². The van der Waals surface area contributed by atoms with Gasteiger partial charge in [0.1, 0.15) is 5.82 Å². The smallest absolute Gasteiger partial charge is 0.128 e. The minimum atomic E-state index is 0.698. The maximum atomic E-state index is 5.80. The Bertz CT molecular complexity index is 381. The number of nitrogens with zero attached hydrogens (tertiary/aromatic N) is 3. The monoisotopic (exact) mass is 246 g/mol. The van der Waals surface area contributed by atoms with Gasteiger partial charge in [-0.25, -0.2) is 4.98 Å². The molecule has 0 saturated carbocycles. The summed E-state index contributed by atoms with van der Waals surface area (Å²) in [7, 11) is 0. The van der Waals surface area contributed by atoms with Gasteiger partial charge in [-0.2, -0.15) is 0 Å². The lowest BCUT2D eigenvalue weighted by Crippen LogP contribution is -2.57. The van der Waals surface area contributed by atoms with Gasteiger partial charge in [0.05, 0.1) is 0 Å². The first-order chi connectivity index (χ1) is 8.86. The van der Waals surface area contributed by atoms with Gasteiger partial charge in [-0.3, -0.25) is 4.90 Å². The highest BCUT2D eigenvalue weighted by atomic mass is 15.3. The molecule has 2 N–H and O–H groups in total. The van der Waals surface area contributed by atoms with Crippen LogP contribution >= 0.6 is 0 Å². The summed E-state index contributed by atoms with van der Waals surface area (Å²) >= 11 is 0. The highest BCUT2D eigenvalue weighted by Crippen LogP contribution is 2.26. The highest BCUT2D eigenvalue weighted by Gasteiger charge is 2.32.